The molecule has 0 bridgehead atoms. The molecule has 1 atom stereocenters. The second kappa shape index (κ2) is 6.81. The van der Waals surface area contributed by atoms with Crippen molar-refractivity contribution in [3.05, 3.63) is 28.2 Å². The van der Waals surface area contributed by atoms with Crippen LogP contribution in [0, 0.1) is 12.3 Å². The zero-order valence-electron chi connectivity index (χ0n) is 10.1. The van der Waals surface area contributed by atoms with Crippen molar-refractivity contribution in [2.75, 3.05) is 7.11 Å². The van der Waals surface area contributed by atoms with Crippen molar-refractivity contribution < 1.29 is 19.4 Å². The van der Waals surface area contributed by atoms with Gasteiger partial charge in [0.15, 0.2) is 0 Å². The van der Waals surface area contributed by atoms with Crippen molar-refractivity contribution in [3.63, 3.8) is 0 Å². The highest BCUT2D eigenvalue weighted by atomic mass is 79.9. The summed E-state index contributed by atoms with van der Waals surface area (Å²) in [7, 11) is 1.48. The molecule has 1 amide bonds. The lowest BCUT2D eigenvalue weighted by Crippen LogP contribution is -2.40. The van der Waals surface area contributed by atoms with Gasteiger partial charge in [0.1, 0.15) is 11.8 Å². The Balaban J connectivity index is 2.94. The minimum absolute atomic E-state index is 0.0807. The van der Waals surface area contributed by atoms with Gasteiger partial charge in [-0.15, -0.1) is 12.3 Å². The maximum absolute atomic E-state index is 12.0. The number of methoxy groups -OCH3 is 1. The van der Waals surface area contributed by atoms with Crippen LogP contribution in [0.3, 0.4) is 0 Å². The first-order valence-corrected chi connectivity index (χ1v) is 6.09. The summed E-state index contributed by atoms with van der Waals surface area (Å²) >= 11 is 3.22. The summed E-state index contributed by atoms with van der Waals surface area (Å²) in [6.07, 6.45) is 4.98. The summed E-state index contributed by atoms with van der Waals surface area (Å²) in [4.78, 5) is 22.9. The van der Waals surface area contributed by atoms with Gasteiger partial charge in [-0.3, -0.25) is 4.79 Å². The second-order valence-corrected chi connectivity index (χ2v) is 4.47. The number of rotatable bonds is 5. The minimum Gasteiger partial charge on any atom is -0.497 e. The monoisotopic (exact) mass is 325 g/mol. The normalized spacial score (nSPS) is 11.2. The Hall–Kier alpha value is -2.00. The summed E-state index contributed by atoms with van der Waals surface area (Å²) in [5.74, 6) is 0.999. The topological polar surface area (TPSA) is 75.6 Å². The predicted molar refractivity (Wildman–Crippen MR) is 73.0 cm³/mol. The number of terminal acetylenes is 1. The van der Waals surface area contributed by atoms with Gasteiger partial charge in [0.25, 0.3) is 5.91 Å². The molecule has 19 heavy (non-hydrogen) atoms. The maximum atomic E-state index is 12.0. The fraction of sp³-hybridized carbons (Fsp3) is 0.231. The molecular weight excluding hydrogens is 314 g/mol. The number of carboxylic acid groups (broad SMARTS) is 1. The third kappa shape index (κ3) is 4.00. The average molecular weight is 326 g/mol. The number of carbonyl (C=O) groups is 2. The molecule has 5 nitrogen and oxygen atoms in total. The highest BCUT2D eigenvalue weighted by Gasteiger charge is 2.21. The SMILES string of the molecule is C#CCC(NC(=O)c1cc(OC)ccc1Br)C(=O)O. The Morgan fingerprint density at radius 1 is 1.58 bits per heavy atom. The van der Waals surface area contributed by atoms with Crippen molar-refractivity contribution >= 4 is 27.8 Å². The van der Waals surface area contributed by atoms with Gasteiger partial charge in [0.05, 0.1) is 12.7 Å². The summed E-state index contributed by atoms with van der Waals surface area (Å²) < 4.78 is 5.55. The number of aliphatic carboxylic acids is 1. The van der Waals surface area contributed by atoms with Gasteiger partial charge in [-0.2, -0.15) is 0 Å². The lowest BCUT2D eigenvalue weighted by molar-refractivity contribution is -0.139. The summed E-state index contributed by atoms with van der Waals surface area (Å²) in [5, 5.41) is 11.3. The molecule has 100 valence electrons. The van der Waals surface area contributed by atoms with E-state index in [2.05, 4.69) is 27.2 Å². The van der Waals surface area contributed by atoms with E-state index < -0.39 is 17.9 Å². The second-order valence-electron chi connectivity index (χ2n) is 3.62. The van der Waals surface area contributed by atoms with Crippen LogP contribution in [-0.2, 0) is 4.79 Å². The molecule has 1 aromatic rings. The molecule has 0 aliphatic carbocycles. The Morgan fingerprint density at radius 2 is 2.26 bits per heavy atom. The Kier molecular flexibility index (Phi) is 5.39. The number of halogens is 1. The van der Waals surface area contributed by atoms with Crippen molar-refractivity contribution in [2.45, 2.75) is 12.5 Å². The predicted octanol–water partition coefficient (Wildman–Crippen LogP) is 1.66. The number of amides is 1. The van der Waals surface area contributed by atoms with Gasteiger partial charge < -0.3 is 15.2 Å². The van der Waals surface area contributed by atoms with Crippen LogP contribution in [0.2, 0.25) is 0 Å². The average Bonchev–Trinajstić information content (AvgIpc) is 2.38. The number of hydrogen-bond acceptors (Lipinski definition) is 3. The minimum atomic E-state index is -1.18. The summed E-state index contributed by atoms with van der Waals surface area (Å²) in [6, 6.07) is 3.71. The van der Waals surface area contributed by atoms with Gasteiger partial charge in [-0.05, 0) is 34.1 Å². The molecule has 2 N–H and O–H groups in total. The summed E-state index contributed by atoms with van der Waals surface area (Å²) in [5.41, 5.74) is 0.280. The van der Waals surface area contributed by atoms with Gasteiger partial charge in [0, 0.05) is 10.9 Å². The lowest BCUT2D eigenvalue weighted by Gasteiger charge is -2.13. The molecular formula is C13H12BrNO4. The highest BCUT2D eigenvalue weighted by Crippen LogP contribution is 2.22. The molecule has 0 aliphatic heterocycles. The van der Waals surface area contributed by atoms with Crippen LogP contribution in [0.1, 0.15) is 16.8 Å². The fourth-order valence-electron chi connectivity index (χ4n) is 1.36. The molecule has 0 spiro atoms. The van der Waals surface area contributed by atoms with Crippen LogP contribution in [-0.4, -0.2) is 30.1 Å². The van der Waals surface area contributed by atoms with Crippen LogP contribution < -0.4 is 10.1 Å². The number of benzene rings is 1. The quantitative estimate of drug-likeness (QED) is 0.807. The van der Waals surface area contributed by atoms with E-state index in [9.17, 15) is 9.59 Å². The Bertz CT molecular complexity index is 536. The van der Waals surface area contributed by atoms with E-state index in [4.69, 9.17) is 16.3 Å². The zero-order chi connectivity index (χ0) is 14.4. The molecule has 0 radical (unpaired) electrons. The van der Waals surface area contributed by atoms with Gasteiger partial charge in [-0.1, -0.05) is 0 Å². The molecule has 1 rings (SSSR count). The van der Waals surface area contributed by atoms with Gasteiger partial charge in [0.2, 0.25) is 0 Å². The summed E-state index contributed by atoms with van der Waals surface area (Å²) in [6.45, 7) is 0. The van der Waals surface area contributed by atoms with Crippen molar-refractivity contribution in [1.29, 1.82) is 0 Å². The third-order valence-corrected chi connectivity index (χ3v) is 3.04. The molecule has 0 aromatic heterocycles. The number of carboxylic acids is 1. The maximum Gasteiger partial charge on any atom is 0.327 e. The fourth-order valence-corrected chi connectivity index (χ4v) is 1.79. The molecule has 0 heterocycles. The number of carbonyl (C=O) groups excluding carboxylic acids is 1. The molecule has 0 saturated carbocycles. The smallest absolute Gasteiger partial charge is 0.327 e. The molecule has 0 fully saturated rings. The van der Waals surface area contributed by atoms with E-state index in [1.54, 1.807) is 12.1 Å². The van der Waals surface area contributed by atoms with E-state index in [0.717, 1.165) is 0 Å². The Morgan fingerprint density at radius 3 is 2.79 bits per heavy atom. The first-order valence-electron chi connectivity index (χ1n) is 5.30. The molecule has 1 aromatic carbocycles. The van der Waals surface area contributed by atoms with Crippen molar-refractivity contribution in [2.24, 2.45) is 0 Å². The molecule has 0 aliphatic rings. The largest absolute Gasteiger partial charge is 0.497 e. The van der Waals surface area contributed by atoms with Crippen molar-refractivity contribution in [3.8, 4) is 18.1 Å². The Labute approximate surface area is 119 Å². The van der Waals surface area contributed by atoms with Crippen LogP contribution in [0.4, 0.5) is 0 Å². The van der Waals surface area contributed by atoms with Crippen LogP contribution >= 0.6 is 15.9 Å². The first kappa shape index (κ1) is 15.1. The lowest BCUT2D eigenvalue weighted by atomic mass is 10.1. The van der Waals surface area contributed by atoms with E-state index in [-0.39, 0.29) is 12.0 Å². The molecule has 0 saturated heterocycles. The number of ether oxygens (including phenoxy) is 1. The van der Waals surface area contributed by atoms with Crippen LogP contribution in [0.25, 0.3) is 0 Å². The standard InChI is InChI=1S/C13H12BrNO4/c1-3-4-11(13(17)18)15-12(16)9-7-8(19-2)5-6-10(9)14/h1,5-7,11H,4H2,2H3,(H,15,16)(H,17,18). The zero-order valence-corrected chi connectivity index (χ0v) is 11.7. The van der Waals surface area contributed by atoms with E-state index in [1.165, 1.54) is 13.2 Å². The van der Waals surface area contributed by atoms with E-state index >= 15 is 0 Å². The third-order valence-electron chi connectivity index (χ3n) is 2.34. The highest BCUT2D eigenvalue weighted by molar-refractivity contribution is 9.10. The van der Waals surface area contributed by atoms with Crippen LogP contribution in [0.5, 0.6) is 5.75 Å². The van der Waals surface area contributed by atoms with Crippen LogP contribution in [0.15, 0.2) is 22.7 Å². The van der Waals surface area contributed by atoms with E-state index in [1.807, 2.05) is 0 Å². The molecule has 6 heteroatoms. The van der Waals surface area contributed by atoms with Gasteiger partial charge in [-0.25, -0.2) is 4.79 Å². The molecule has 1 unspecified atom stereocenters. The number of nitrogens with one attached hydrogen (secondary N) is 1. The first-order chi connectivity index (χ1) is 8.99. The van der Waals surface area contributed by atoms with Crippen molar-refractivity contribution in [1.82, 2.24) is 5.32 Å². The van der Waals surface area contributed by atoms with Gasteiger partial charge >= 0.3 is 5.97 Å². The number of hydrogen-bond donors (Lipinski definition) is 2. The van der Waals surface area contributed by atoms with E-state index in [0.29, 0.717) is 10.2 Å².